The third-order valence-corrected chi connectivity index (χ3v) is 8.38. The van der Waals surface area contributed by atoms with E-state index < -0.39 is 21.9 Å². The number of aryl methyl sites for hydroxylation is 2. The number of carbonyl (C=O) groups excluding carboxylic acids is 2. The third kappa shape index (κ3) is 3.84. The van der Waals surface area contributed by atoms with Crippen LogP contribution in [0.4, 0.5) is 16.2 Å². The Labute approximate surface area is 193 Å². The van der Waals surface area contributed by atoms with Gasteiger partial charge in [0.25, 0.3) is 0 Å². The van der Waals surface area contributed by atoms with Crippen LogP contribution in [0.5, 0.6) is 5.75 Å². The van der Waals surface area contributed by atoms with Crippen LogP contribution in [0, 0.1) is 6.92 Å². The lowest BCUT2D eigenvalue weighted by atomic mass is 10.1. The fourth-order valence-corrected chi connectivity index (χ4v) is 6.92. The molecule has 9 heteroatoms. The van der Waals surface area contributed by atoms with Crippen LogP contribution in [0.2, 0.25) is 0 Å². The molecule has 0 bridgehead atoms. The van der Waals surface area contributed by atoms with E-state index in [1.807, 2.05) is 56.3 Å². The first-order valence-corrected chi connectivity index (χ1v) is 13.0. The topological polar surface area (TPSA) is 87.2 Å². The number of fused-ring (bicyclic) bond motifs is 2. The molecule has 3 aliphatic rings. The molecule has 174 valence electrons. The number of carbonyl (C=O) groups is 2. The van der Waals surface area contributed by atoms with Gasteiger partial charge in [-0.1, -0.05) is 25.1 Å². The molecule has 0 aromatic heterocycles. The molecule has 2 atom stereocenters. The van der Waals surface area contributed by atoms with Crippen molar-refractivity contribution in [3.05, 3.63) is 53.6 Å². The maximum Gasteiger partial charge on any atom is 0.325 e. The average Bonchev–Trinajstić information content (AvgIpc) is 3.23. The van der Waals surface area contributed by atoms with E-state index in [0.717, 1.165) is 17.5 Å². The van der Waals surface area contributed by atoms with Crippen LogP contribution in [-0.4, -0.2) is 68.5 Å². The second-order valence-corrected chi connectivity index (χ2v) is 11.0. The molecule has 3 heterocycles. The number of nitrogens with zero attached hydrogens (tertiary/aromatic N) is 3. The zero-order chi connectivity index (χ0) is 23.3. The SMILES string of the molecule is CCc1ccc(N2C(=O)N(CC(=O)N3CCOc4ccc(C)cc43)[C@H]3CS(=O)(=O)C[C@H]32)cc1. The quantitative estimate of drug-likeness (QED) is 0.642. The van der Waals surface area contributed by atoms with E-state index >= 15 is 0 Å². The molecular weight excluding hydrogens is 442 g/mol. The molecule has 3 amide bonds. The predicted octanol–water partition coefficient (Wildman–Crippen LogP) is 2.39. The Morgan fingerprint density at radius 1 is 1.09 bits per heavy atom. The van der Waals surface area contributed by atoms with Gasteiger partial charge in [0.2, 0.25) is 5.91 Å². The lowest BCUT2D eigenvalue weighted by Crippen LogP contribution is -2.48. The van der Waals surface area contributed by atoms with Crippen LogP contribution in [0.25, 0.3) is 0 Å². The summed E-state index contributed by atoms with van der Waals surface area (Å²) in [6.07, 6.45) is 0.871. The van der Waals surface area contributed by atoms with E-state index in [1.165, 1.54) is 4.90 Å². The number of urea groups is 1. The minimum absolute atomic E-state index is 0.0940. The van der Waals surface area contributed by atoms with Crippen molar-refractivity contribution < 1.29 is 22.7 Å². The Kier molecular flexibility index (Phi) is 5.31. The smallest absolute Gasteiger partial charge is 0.325 e. The summed E-state index contributed by atoms with van der Waals surface area (Å²) < 4.78 is 30.6. The second-order valence-electron chi connectivity index (χ2n) is 8.88. The highest BCUT2D eigenvalue weighted by Crippen LogP contribution is 2.36. The van der Waals surface area contributed by atoms with Crippen LogP contribution < -0.4 is 14.5 Å². The van der Waals surface area contributed by atoms with Gasteiger partial charge < -0.3 is 14.5 Å². The van der Waals surface area contributed by atoms with Crippen molar-refractivity contribution in [1.82, 2.24) is 4.90 Å². The summed E-state index contributed by atoms with van der Waals surface area (Å²) in [5.74, 6) is 0.166. The normalized spacial score (nSPS) is 23.3. The van der Waals surface area contributed by atoms with Gasteiger partial charge in [0.15, 0.2) is 9.84 Å². The molecule has 0 spiro atoms. The molecule has 8 nitrogen and oxygen atoms in total. The van der Waals surface area contributed by atoms with E-state index in [9.17, 15) is 18.0 Å². The van der Waals surface area contributed by atoms with E-state index in [-0.39, 0.29) is 30.0 Å². The third-order valence-electron chi connectivity index (χ3n) is 6.68. The monoisotopic (exact) mass is 469 g/mol. The number of hydrogen-bond acceptors (Lipinski definition) is 5. The number of ether oxygens (including phenoxy) is 1. The lowest BCUT2D eigenvalue weighted by molar-refractivity contribution is -0.119. The fourth-order valence-electron chi connectivity index (χ4n) is 4.97. The minimum atomic E-state index is -3.31. The molecule has 0 aliphatic carbocycles. The highest BCUT2D eigenvalue weighted by Gasteiger charge is 2.54. The number of anilines is 2. The minimum Gasteiger partial charge on any atom is -0.490 e. The molecule has 2 saturated heterocycles. The van der Waals surface area contributed by atoms with Crippen LogP contribution in [0.15, 0.2) is 42.5 Å². The molecule has 2 aromatic rings. The van der Waals surface area contributed by atoms with Gasteiger partial charge in [0, 0.05) is 5.69 Å². The summed E-state index contributed by atoms with van der Waals surface area (Å²) in [5.41, 5.74) is 3.47. The second kappa shape index (κ2) is 8.06. The van der Waals surface area contributed by atoms with Gasteiger partial charge in [-0.15, -0.1) is 0 Å². The Bertz CT molecular complexity index is 1210. The summed E-state index contributed by atoms with van der Waals surface area (Å²) in [7, 11) is -3.31. The fraction of sp³-hybridized carbons (Fsp3) is 0.417. The zero-order valence-corrected chi connectivity index (χ0v) is 19.5. The van der Waals surface area contributed by atoms with Crippen LogP contribution in [0.3, 0.4) is 0 Å². The van der Waals surface area contributed by atoms with Gasteiger partial charge >= 0.3 is 6.03 Å². The van der Waals surface area contributed by atoms with Gasteiger partial charge in [-0.25, -0.2) is 13.2 Å². The Hall–Kier alpha value is -3.07. The zero-order valence-electron chi connectivity index (χ0n) is 18.7. The summed E-state index contributed by atoms with van der Waals surface area (Å²) >= 11 is 0. The number of hydrogen-bond donors (Lipinski definition) is 0. The highest BCUT2D eigenvalue weighted by atomic mass is 32.2. The van der Waals surface area contributed by atoms with Crippen LogP contribution in [-0.2, 0) is 21.1 Å². The predicted molar refractivity (Wildman–Crippen MR) is 126 cm³/mol. The first-order valence-electron chi connectivity index (χ1n) is 11.2. The molecule has 0 N–H and O–H groups in total. The summed E-state index contributed by atoms with van der Waals surface area (Å²) in [4.78, 5) is 31.5. The van der Waals surface area contributed by atoms with Crippen molar-refractivity contribution in [3.8, 4) is 5.75 Å². The lowest BCUT2D eigenvalue weighted by Gasteiger charge is -2.32. The van der Waals surface area contributed by atoms with E-state index in [1.54, 1.807) is 9.80 Å². The number of sulfone groups is 1. The highest BCUT2D eigenvalue weighted by molar-refractivity contribution is 7.91. The summed E-state index contributed by atoms with van der Waals surface area (Å²) in [6.45, 7) is 4.57. The van der Waals surface area contributed by atoms with Gasteiger partial charge in [-0.3, -0.25) is 9.69 Å². The van der Waals surface area contributed by atoms with Gasteiger partial charge in [0.1, 0.15) is 18.9 Å². The molecule has 0 saturated carbocycles. The average molecular weight is 470 g/mol. The first-order chi connectivity index (χ1) is 15.8. The molecule has 5 rings (SSSR count). The standard InChI is InChI=1S/C24H27N3O5S/c1-3-17-5-7-18(8-6-17)27-21-15-33(30,31)14-20(21)26(24(27)29)13-23(28)25-10-11-32-22-9-4-16(2)12-19(22)25/h4-9,12,20-21H,3,10-11,13-15H2,1-2H3/t20-,21+/m0/s1. The Morgan fingerprint density at radius 3 is 2.55 bits per heavy atom. The molecule has 33 heavy (non-hydrogen) atoms. The largest absolute Gasteiger partial charge is 0.490 e. The van der Waals surface area contributed by atoms with Crippen molar-refractivity contribution in [2.75, 3.05) is 41.0 Å². The van der Waals surface area contributed by atoms with E-state index in [0.29, 0.717) is 30.3 Å². The maximum absolute atomic E-state index is 13.5. The van der Waals surface area contributed by atoms with Crippen molar-refractivity contribution in [2.24, 2.45) is 0 Å². The van der Waals surface area contributed by atoms with E-state index in [2.05, 4.69) is 0 Å². The summed E-state index contributed by atoms with van der Waals surface area (Å²) in [6, 6.07) is 11.9. The molecule has 0 radical (unpaired) electrons. The van der Waals surface area contributed by atoms with Crippen LogP contribution in [0.1, 0.15) is 18.1 Å². The number of amides is 3. The molecular formula is C24H27N3O5S. The first kappa shape index (κ1) is 21.8. The van der Waals surface area contributed by atoms with Gasteiger partial charge in [0.05, 0.1) is 35.8 Å². The van der Waals surface area contributed by atoms with Gasteiger partial charge in [-0.05, 0) is 48.7 Å². The van der Waals surface area contributed by atoms with E-state index in [4.69, 9.17) is 4.74 Å². The maximum atomic E-state index is 13.5. The number of benzene rings is 2. The van der Waals surface area contributed by atoms with Crippen molar-refractivity contribution in [3.63, 3.8) is 0 Å². The summed E-state index contributed by atoms with van der Waals surface area (Å²) in [5, 5.41) is 0. The van der Waals surface area contributed by atoms with Crippen molar-refractivity contribution >= 4 is 33.2 Å². The molecule has 2 fully saturated rings. The van der Waals surface area contributed by atoms with Crippen molar-refractivity contribution in [1.29, 1.82) is 0 Å². The Balaban J connectivity index is 1.44. The molecule has 2 aromatic carbocycles. The molecule has 0 unspecified atom stereocenters. The number of rotatable bonds is 4. The van der Waals surface area contributed by atoms with Crippen molar-refractivity contribution in [2.45, 2.75) is 32.4 Å². The van der Waals surface area contributed by atoms with Crippen LogP contribution >= 0.6 is 0 Å². The Morgan fingerprint density at radius 2 is 1.82 bits per heavy atom. The molecule has 3 aliphatic heterocycles. The van der Waals surface area contributed by atoms with Gasteiger partial charge in [-0.2, -0.15) is 0 Å².